The number of fused-ring (bicyclic) bond motifs is 1. The molecule has 6 heteroatoms. The Kier molecular flexibility index (Phi) is 5.04. The molecule has 1 N–H and O–H groups in total. The second-order valence-electron chi connectivity index (χ2n) is 6.82. The average molecular weight is 372 g/mol. The van der Waals surface area contributed by atoms with Crippen molar-refractivity contribution in [3.8, 4) is 11.8 Å². The van der Waals surface area contributed by atoms with Crippen LogP contribution in [0, 0.1) is 16.5 Å². The number of rotatable bonds is 4. The Morgan fingerprint density at radius 3 is 2.93 bits per heavy atom. The molecule has 1 aromatic heterocycles. The zero-order chi connectivity index (χ0) is 19.5. The first-order valence-electron chi connectivity index (χ1n) is 9.05. The van der Waals surface area contributed by atoms with E-state index < -0.39 is 0 Å². The van der Waals surface area contributed by atoms with Gasteiger partial charge in [-0.15, -0.1) is 0 Å². The van der Waals surface area contributed by atoms with Gasteiger partial charge in [-0.1, -0.05) is 12.1 Å². The minimum Gasteiger partial charge on any atom is -0.634 e. The molecule has 4 rings (SSSR count). The first-order chi connectivity index (χ1) is 13.7. The second kappa shape index (κ2) is 7.79. The molecule has 3 aromatic rings. The summed E-state index contributed by atoms with van der Waals surface area (Å²) in [6.45, 7) is 1.17. The summed E-state index contributed by atoms with van der Waals surface area (Å²) in [4.78, 5) is 4.76. The number of hydrogen-bond acceptors (Lipinski definition) is 4. The fourth-order valence-electron chi connectivity index (χ4n) is 3.42. The monoisotopic (exact) mass is 372 g/mol. The number of hydrogen-bond donors (Lipinski definition) is 1. The van der Waals surface area contributed by atoms with Crippen molar-refractivity contribution < 1.29 is 9.80 Å². The summed E-state index contributed by atoms with van der Waals surface area (Å²) in [5.41, 5.74) is 5.88. The number of benzene rings is 2. The van der Waals surface area contributed by atoms with Crippen LogP contribution in [-0.2, 0) is 17.9 Å². The smallest absolute Gasteiger partial charge is 0.121 e. The van der Waals surface area contributed by atoms with Crippen LogP contribution >= 0.6 is 0 Å². The largest absolute Gasteiger partial charge is 0.634 e. The Bertz CT molecular complexity index is 1080. The minimum absolute atomic E-state index is 0.115. The van der Waals surface area contributed by atoms with Gasteiger partial charge in [-0.05, 0) is 42.0 Å². The number of aromatic nitrogens is 1. The number of nitriles is 1. The summed E-state index contributed by atoms with van der Waals surface area (Å²) in [6, 6.07) is 17.4. The third kappa shape index (κ3) is 3.73. The molecule has 2 aromatic carbocycles. The molecule has 0 fully saturated rings. The maximum Gasteiger partial charge on any atom is 0.121 e. The van der Waals surface area contributed by atoms with E-state index in [1.54, 1.807) is 19.2 Å². The molecule has 28 heavy (non-hydrogen) atoms. The van der Waals surface area contributed by atoms with Crippen LogP contribution in [0.1, 0.15) is 22.3 Å². The van der Waals surface area contributed by atoms with Crippen molar-refractivity contribution in [2.75, 3.05) is 13.7 Å². The van der Waals surface area contributed by atoms with E-state index in [0.717, 1.165) is 28.1 Å². The Balaban J connectivity index is 1.71. The highest BCUT2D eigenvalue weighted by Crippen LogP contribution is 2.25. The summed E-state index contributed by atoms with van der Waals surface area (Å²) in [5.74, 6) is 0. The molecule has 0 aliphatic carbocycles. The van der Waals surface area contributed by atoms with Gasteiger partial charge in [0.05, 0.1) is 23.9 Å². The van der Waals surface area contributed by atoms with Gasteiger partial charge in [-0.2, -0.15) is 5.26 Å². The molecule has 1 atom stereocenters. The third-order valence-electron chi connectivity index (χ3n) is 4.76. The van der Waals surface area contributed by atoms with E-state index in [2.05, 4.69) is 6.07 Å². The number of ether oxygens (including phenoxy) is 1. The van der Waals surface area contributed by atoms with Gasteiger partial charge < -0.3 is 19.6 Å². The number of nitrogens with one attached hydrogen (secondary N) is 1. The van der Waals surface area contributed by atoms with Crippen molar-refractivity contribution in [1.29, 1.82) is 5.26 Å². The highest BCUT2D eigenvalue weighted by molar-refractivity contribution is 6.03. The predicted molar refractivity (Wildman–Crippen MR) is 107 cm³/mol. The van der Waals surface area contributed by atoms with E-state index in [1.807, 2.05) is 53.4 Å². The second-order valence-corrected chi connectivity index (χ2v) is 6.82. The molecule has 0 saturated heterocycles. The number of hydroxylamine groups is 2. The van der Waals surface area contributed by atoms with Crippen molar-refractivity contribution >= 4 is 11.4 Å². The number of nitrogens with zero attached hydrogens (tertiary/aromatic N) is 3. The number of aliphatic imine (C=N–C) groups is 1. The fraction of sp³-hybridized carbons (Fsp3) is 0.182. The van der Waals surface area contributed by atoms with Crippen molar-refractivity contribution in [1.82, 2.24) is 4.57 Å². The lowest BCUT2D eigenvalue weighted by Crippen LogP contribution is -3.06. The molecule has 0 amide bonds. The van der Waals surface area contributed by atoms with Crippen molar-refractivity contribution in [3.63, 3.8) is 0 Å². The van der Waals surface area contributed by atoms with Crippen molar-refractivity contribution in [3.05, 3.63) is 88.4 Å². The molecule has 0 spiro atoms. The van der Waals surface area contributed by atoms with Crippen molar-refractivity contribution in [2.24, 2.45) is 4.99 Å². The molecule has 0 saturated carbocycles. The highest BCUT2D eigenvalue weighted by Gasteiger charge is 2.17. The molecule has 0 radical (unpaired) electrons. The lowest BCUT2D eigenvalue weighted by Gasteiger charge is -2.21. The standard InChI is InChI=1S/C22H20N4O2/c1-28-15-17-7-8-25(12-17)20-5-6-21-19(10-20)13-26(27)14-22(24-21)18-4-2-3-16(9-18)11-23/h2-10,12,26H,13-15H2,1H3. The molecule has 0 bridgehead atoms. The number of quaternary nitrogens is 1. The van der Waals surface area contributed by atoms with Gasteiger partial charge >= 0.3 is 0 Å². The summed E-state index contributed by atoms with van der Waals surface area (Å²) in [7, 11) is 1.67. The summed E-state index contributed by atoms with van der Waals surface area (Å²) in [5, 5.41) is 21.8. The minimum atomic E-state index is 0.115. The van der Waals surface area contributed by atoms with Crippen LogP contribution in [0.3, 0.4) is 0 Å². The topological polar surface area (TPSA) is 77.8 Å². The lowest BCUT2D eigenvalue weighted by atomic mass is 10.1. The van der Waals surface area contributed by atoms with Crippen LogP contribution in [0.25, 0.3) is 5.69 Å². The fourth-order valence-corrected chi connectivity index (χ4v) is 3.42. The van der Waals surface area contributed by atoms with Gasteiger partial charge in [0.2, 0.25) is 0 Å². The van der Waals surface area contributed by atoms with Gasteiger partial charge in [-0.3, -0.25) is 0 Å². The van der Waals surface area contributed by atoms with E-state index in [4.69, 9.17) is 15.0 Å². The van der Waals surface area contributed by atoms with E-state index in [1.165, 1.54) is 0 Å². The molecule has 2 heterocycles. The predicted octanol–water partition coefficient (Wildman–Crippen LogP) is 2.51. The summed E-state index contributed by atoms with van der Waals surface area (Å²) in [6.07, 6.45) is 4.00. The zero-order valence-electron chi connectivity index (χ0n) is 15.6. The van der Waals surface area contributed by atoms with Gasteiger partial charge in [0, 0.05) is 36.3 Å². The molecule has 140 valence electrons. The quantitative estimate of drug-likeness (QED) is 0.715. The Morgan fingerprint density at radius 1 is 1.21 bits per heavy atom. The maximum atomic E-state index is 12.6. The molecule has 6 nitrogen and oxygen atoms in total. The Labute approximate surface area is 163 Å². The third-order valence-corrected chi connectivity index (χ3v) is 4.76. The normalized spacial score (nSPS) is 16.0. The zero-order valence-corrected chi connectivity index (χ0v) is 15.6. The van der Waals surface area contributed by atoms with Crippen LogP contribution in [0.4, 0.5) is 5.69 Å². The van der Waals surface area contributed by atoms with Crippen molar-refractivity contribution in [2.45, 2.75) is 13.2 Å². The first-order valence-corrected chi connectivity index (χ1v) is 9.05. The average Bonchev–Trinajstić information content (AvgIpc) is 3.10. The van der Waals surface area contributed by atoms with E-state index in [9.17, 15) is 5.21 Å². The Hall–Kier alpha value is -3.24. The van der Waals surface area contributed by atoms with Crippen LogP contribution in [-0.4, -0.2) is 23.9 Å². The molecular weight excluding hydrogens is 352 g/mol. The van der Waals surface area contributed by atoms with E-state index in [0.29, 0.717) is 24.4 Å². The van der Waals surface area contributed by atoms with Gasteiger partial charge in [0.25, 0.3) is 0 Å². The molecule has 1 aliphatic rings. The SMILES string of the molecule is COCc1ccn(-c2ccc3c(c2)C[NH+]([O-])CC(c2cccc(C#N)c2)=N3)c1. The molecule has 1 aliphatic heterocycles. The summed E-state index contributed by atoms with van der Waals surface area (Å²) < 4.78 is 7.19. The van der Waals surface area contributed by atoms with Crippen LogP contribution in [0.2, 0.25) is 0 Å². The van der Waals surface area contributed by atoms with E-state index >= 15 is 0 Å². The van der Waals surface area contributed by atoms with Gasteiger partial charge in [-0.25, -0.2) is 4.99 Å². The first kappa shape index (κ1) is 18.1. The molecule has 1 unspecified atom stereocenters. The summed E-state index contributed by atoms with van der Waals surface area (Å²) >= 11 is 0. The van der Waals surface area contributed by atoms with Gasteiger partial charge in [0.1, 0.15) is 18.8 Å². The van der Waals surface area contributed by atoms with E-state index in [-0.39, 0.29) is 11.6 Å². The number of methoxy groups -OCH3 is 1. The van der Waals surface area contributed by atoms with Crippen LogP contribution in [0.15, 0.2) is 65.9 Å². The van der Waals surface area contributed by atoms with Gasteiger partial charge in [0.15, 0.2) is 0 Å². The molecular formula is C22H20N4O2. The maximum absolute atomic E-state index is 12.6. The van der Waals surface area contributed by atoms with Crippen LogP contribution < -0.4 is 5.06 Å². The highest BCUT2D eigenvalue weighted by atomic mass is 16.5. The Morgan fingerprint density at radius 2 is 2.11 bits per heavy atom. The van der Waals surface area contributed by atoms with Crippen LogP contribution in [0.5, 0.6) is 0 Å². The lowest BCUT2D eigenvalue weighted by molar-refractivity contribution is -0.852.